The van der Waals surface area contributed by atoms with Crippen molar-refractivity contribution < 1.29 is 19.8 Å². The molecule has 2 N–H and O–H groups in total. The molecule has 23 heavy (non-hydrogen) atoms. The number of carboxylic acid groups (broad SMARTS) is 2. The molecule has 0 amide bonds. The fourth-order valence-corrected chi connectivity index (χ4v) is 4.03. The number of carbonyl (C=O) groups is 2. The number of carboxylic acids is 2. The molecule has 0 saturated heterocycles. The van der Waals surface area contributed by atoms with Crippen LogP contribution in [0.25, 0.3) is 0 Å². The second-order valence-electron chi connectivity index (χ2n) is 7.89. The highest BCUT2D eigenvalue weighted by Gasteiger charge is 2.60. The summed E-state index contributed by atoms with van der Waals surface area (Å²) in [4.78, 5) is 24.4. The summed E-state index contributed by atoms with van der Waals surface area (Å²) in [5.41, 5.74) is -2.38. The number of hydrogen-bond acceptors (Lipinski definition) is 2. The maximum Gasteiger partial charge on any atom is 0.311 e. The molecule has 0 aliphatic heterocycles. The second-order valence-corrected chi connectivity index (χ2v) is 7.89. The van der Waals surface area contributed by atoms with Gasteiger partial charge < -0.3 is 10.2 Å². The molecule has 0 bridgehead atoms. The molecule has 4 heteroatoms. The Kier molecular flexibility index (Phi) is 6.84. The average Bonchev–Trinajstić information content (AvgIpc) is 2.43. The molecule has 0 spiro atoms. The molecule has 1 aliphatic carbocycles. The van der Waals surface area contributed by atoms with Gasteiger partial charge in [-0.3, -0.25) is 9.59 Å². The summed E-state index contributed by atoms with van der Waals surface area (Å²) in [5.74, 6) is -1.18. The molecular weight excluding hydrogens is 292 g/mol. The van der Waals surface area contributed by atoms with Crippen molar-refractivity contribution in [1.29, 1.82) is 0 Å². The zero-order valence-electron chi connectivity index (χ0n) is 15.0. The fraction of sp³-hybridized carbons (Fsp3) is 0.789. The van der Waals surface area contributed by atoms with E-state index >= 15 is 0 Å². The molecule has 0 aromatic rings. The van der Waals surface area contributed by atoms with Gasteiger partial charge in [-0.25, -0.2) is 0 Å². The number of allylic oxidation sites excluding steroid dienone is 2. The molecule has 2 unspecified atom stereocenters. The van der Waals surface area contributed by atoms with Crippen molar-refractivity contribution in [1.82, 2.24) is 0 Å². The van der Waals surface area contributed by atoms with Gasteiger partial charge in [-0.05, 0) is 37.5 Å². The Bertz CT molecular complexity index is 452. The minimum atomic E-state index is -1.19. The highest BCUT2D eigenvalue weighted by molar-refractivity contribution is 5.87. The number of hydrogen-bond donors (Lipinski definition) is 2. The van der Waals surface area contributed by atoms with Crippen LogP contribution in [0, 0.1) is 22.7 Å². The molecular formula is C19H32O4. The van der Waals surface area contributed by atoms with Crippen molar-refractivity contribution in [3.05, 3.63) is 12.2 Å². The molecule has 1 rings (SSSR count). The lowest BCUT2D eigenvalue weighted by atomic mass is 9.53. The number of aliphatic carboxylic acids is 2. The standard InChI is InChI=1S/C19H32O4/c1-14(2)9-5-6-10-18(16(20)21)11-7-8-12-19(18,17(22)23)13-15(3)4/h7-8,14-15H,5-6,9-13H2,1-4H3,(H,20,21)(H,22,23). The summed E-state index contributed by atoms with van der Waals surface area (Å²) < 4.78 is 0. The van der Waals surface area contributed by atoms with Gasteiger partial charge in [0, 0.05) is 0 Å². The van der Waals surface area contributed by atoms with E-state index in [9.17, 15) is 19.8 Å². The fourth-order valence-electron chi connectivity index (χ4n) is 4.03. The van der Waals surface area contributed by atoms with Crippen LogP contribution in [0.1, 0.15) is 72.6 Å². The van der Waals surface area contributed by atoms with E-state index in [1.807, 2.05) is 26.0 Å². The zero-order chi connectivity index (χ0) is 17.7. The summed E-state index contributed by atoms with van der Waals surface area (Å²) in [7, 11) is 0. The Morgan fingerprint density at radius 1 is 0.913 bits per heavy atom. The largest absolute Gasteiger partial charge is 0.481 e. The van der Waals surface area contributed by atoms with Gasteiger partial charge in [0.15, 0.2) is 0 Å². The van der Waals surface area contributed by atoms with Crippen molar-refractivity contribution >= 4 is 11.9 Å². The Morgan fingerprint density at radius 3 is 1.87 bits per heavy atom. The predicted molar refractivity (Wildman–Crippen MR) is 91.3 cm³/mol. The van der Waals surface area contributed by atoms with Crippen molar-refractivity contribution in [3.8, 4) is 0 Å². The minimum absolute atomic E-state index is 0.145. The third-order valence-electron chi connectivity index (χ3n) is 5.23. The van der Waals surface area contributed by atoms with E-state index in [0.29, 0.717) is 31.6 Å². The molecule has 0 aromatic heterocycles. The van der Waals surface area contributed by atoms with Gasteiger partial charge in [0.2, 0.25) is 0 Å². The Morgan fingerprint density at radius 2 is 1.43 bits per heavy atom. The van der Waals surface area contributed by atoms with Crippen LogP contribution >= 0.6 is 0 Å². The lowest BCUT2D eigenvalue weighted by Gasteiger charge is -2.47. The Balaban J connectivity index is 3.14. The van der Waals surface area contributed by atoms with Gasteiger partial charge in [0.05, 0.1) is 10.8 Å². The van der Waals surface area contributed by atoms with Crippen LogP contribution in [-0.2, 0) is 9.59 Å². The summed E-state index contributed by atoms with van der Waals surface area (Å²) in [6.45, 7) is 8.23. The van der Waals surface area contributed by atoms with Gasteiger partial charge in [0.1, 0.15) is 0 Å². The normalized spacial score (nSPS) is 27.6. The van der Waals surface area contributed by atoms with Crippen LogP contribution in [0.4, 0.5) is 0 Å². The van der Waals surface area contributed by atoms with E-state index in [4.69, 9.17) is 0 Å². The van der Waals surface area contributed by atoms with Crippen LogP contribution in [-0.4, -0.2) is 22.2 Å². The first-order valence-electron chi connectivity index (χ1n) is 8.80. The lowest BCUT2D eigenvalue weighted by molar-refractivity contribution is -0.178. The zero-order valence-corrected chi connectivity index (χ0v) is 15.0. The minimum Gasteiger partial charge on any atom is -0.481 e. The first-order valence-corrected chi connectivity index (χ1v) is 8.80. The van der Waals surface area contributed by atoms with Crippen LogP contribution in [0.2, 0.25) is 0 Å². The van der Waals surface area contributed by atoms with Gasteiger partial charge >= 0.3 is 11.9 Å². The summed E-state index contributed by atoms with van der Waals surface area (Å²) in [6, 6.07) is 0. The van der Waals surface area contributed by atoms with Crippen molar-refractivity contribution in [3.63, 3.8) is 0 Å². The molecule has 0 heterocycles. The van der Waals surface area contributed by atoms with Crippen molar-refractivity contribution in [2.24, 2.45) is 22.7 Å². The first kappa shape index (κ1) is 19.7. The van der Waals surface area contributed by atoms with E-state index in [1.54, 1.807) is 0 Å². The van der Waals surface area contributed by atoms with Gasteiger partial charge in [-0.1, -0.05) is 59.1 Å². The molecule has 132 valence electrons. The van der Waals surface area contributed by atoms with Crippen LogP contribution in [0.5, 0.6) is 0 Å². The summed E-state index contributed by atoms with van der Waals surface area (Å²) in [5, 5.41) is 20.0. The topological polar surface area (TPSA) is 74.6 Å². The lowest BCUT2D eigenvalue weighted by Crippen LogP contribution is -2.54. The van der Waals surface area contributed by atoms with Gasteiger partial charge in [-0.15, -0.1) is 0 Å². The smallest absolute Gasteiger partial charge is 0.311 e. The molecule has 2 atom stereocenters. The average molecular weight is 324 g/mol. The first-order chi connectivity index (χ1) is 10.7. The van der Waals surface area contributed by atoms with E-state index in [-0.39, 0.29) is 5.92 Å². The van der Waals surface area contributed by atoms with E-state index in [2.05, 4.69) is 13.8 Å². The third kappa shape index (κ3) is 4.15. The summed E-state index contributed by atoms with van der Waals surface area (Å²) >= 11 is 0. The highest BCUT2D eigenvalue weighted by atomic mass is 16.4. The van der Waals surface area contributed by atoms with Crippen LogP contribution in [0.3, 0.4) is 0 Å². The summed E-state index contributed by atoms with van der Waals surface area (Å²) in [6.07, 6.45) is 7.97. The van der Waals surface area contributed by atoms with Gasteiger partial charge in [-0.2, -0.15) is 0 Å². The van der Waals surface area contributed by atoms with Crippen molar-refractivity contribution in [2.75, 3.05) is 0 Å². The maximum atomic E-state index is 12.2. The quantitative estimate of drug-likeness (QED) is 0.474. The molecule has 1 aliphatic rings. The Labute approximate surface area is 140 Å². The SMILES string of the molecule is CC(C)CCCCC1(C(=O)O)CC=CCC1(CC(C)C)C(=O)O. The molecule has 0 fully saturated rings. The van der Waals surface area contributed by atoms with Crippen LogP contribution < -0.4 is 0 Å². The van der Waals surface area contributed by atoms with Gasteiger partial charge in [0.25, 0.3) is 0 Å². The maximum absolute atomic E-state index is 12.2. The number of rotatable bonds is 9. The molecule has 0 aromatic carbocycles. The third-order valence-corrected chi connectivity index (χ3v) is 5.23. The second kappa shape index (κ2) is 7.98. The van der Waals surface area contributed by atoms with E-state index < -0.39 is 22.8 Å². The Hall–Kier alpha value is -1.32. The number of unbranched alkanes of at least 4 members (excludes halogenated alkanes) is 1. The van der Waals surface area contributed by atoms with E-state index in [1.165, 1.54) is 0 Å². The van der Waals surface area contributed by atoms with Crippen molar-refractivity contribution in [2.45, 2.75) is 72.6 Å². The monoisotopic (exact) mass is 324 g/mol. The molecule has 0 radical (unpaired) electrons. The highest BCUT2D eigenvalue weighted by Crippen LogP contribution is 2.55. The predicted octanol–water partition coefficient (Wildman–Crippen LogP) is 4.74. The molecule has 0 saturated carbocycles. The van der Waals surface area contributed by atoms with Crippen LogP contribution in [0.15, 0.2) is 12.2 Å². The van der Waals surface area contributed by atoms with E-state index in [0.717, 1.165) is 19.3 Å². The molecule has 4 nitrogen and oxygen atoms in total.